The molecule has 2 aromatic heterocycles. The van der Waals surface area contributed by atoms with Crippen molar-refractivity contribution in [3.8, 4) is 0 Å². The minimum absolute atomic E-state index is 0.0122. The first-order valence-corrected chi connectivity index (χ1v) is 6.07. The third kappa shape index (κ3) is 3.72. The number of hydrogen-bond acceptors (Lipinski definition) is 8. The Morgan fingerprint density at radius 3 is 2.70 bits per heavy atom. The smallest absolute Gasteiger partial charge is 0.400 e. The second-order valence-corrected chi connectivity index (χ2v) is 4.22. The molecule has 0 unspecified atom stereocenters. The SMILES string of the molecule is Cc1ncc([N+](=O)[O-])cc1C(=O)NN=Cc1ccc([N+](=O)[O-])o1. The molecule has 0 aliphatic carbocycles. The molecule has 11 heteroatoms. The van der Waals surface area contributed by atoms with E-state index in [4.69, 9.17) is 4.42 Å². The van der Waals surface area contributed by atoms with Crippen LogP contribution in [0.15, 0.2) is 33.9 Å². The summed E-state index contributed by atoms with van der Waals surface area (Å²) in [5.41, 5.74) is 2.08. The molecule has 2 heterocycles. The summed E-state index contributed by atoms with van der Waals surface area (Å²) in [6.07, 6.45) is 2.10. The van der Waals surface area contributed by atoms with Crippen molar-refractivity contribution in [2.45, 2.75) is 6.92 Å². The Morgan fingerprint density at radius 1 is 1.35 bits per heavy atom. The topological polar surface area (TPSA) is 154 Å². The van der Waals surface area contributed by atoms with Gasteiger partial charge < -0.3 is 4.42 Å². The van der Waals surface area contributed by atoms with Crippen molar-refractivity contribution in [2.24, 2.45) is 5.10 Å². The molecule has 1 N–H and O–H groups in total. The summed E-state index contributed by atoms with van der Waals surface area (Å²) in [7, 11) is 0. The Labute approximate surface area is 127 Å². The van der Waals surface area contributed by atoms with Gasteiger partial charge in [-0.25, -0.2) is 5.43 Å². The molecule has 0 saturated heterocycles. The highest BCUT2D eigenvalue weighted by molar-refractivity contribution is 5.96. The van der Waals surface area contributed by atoms with Crippen LogP contribution in [0.2, 0.25) is 0 Å². The molecule has 118 valence electrons. The fraction of sp³-hybridized carbons (Fsp3) is 0.0833. The van der Waals surface area contributed by atoms with Crippen LogP contribution in [0.1, 0.15) is 21.8 Å². The number of rotatable bonds is 5. The molecule has 2 aromatic rings. The van der Waals surface area contributed by atoms with Crippen LogP contribution in [0.4, 0.5) is 11.6 Å². The molecule has 0 spiro atoms. The van der Waals surface area contributed by atoms with Gasteiger partial charge in [0.25, 0.3) is 11.6 Å². The van der Waals surface area contributed by atoms with Crippen molar-refractivity contribution >= 4 is 23.7 Å². The minimum atomic E-state index is -0.714. The molecular weight excluding hydrogens is 310 g/mol. The highest BCUT2D eigenvalue weighted by Gasteiger charge is 2.15. The van der Waals surface area contributed by atoms with Gasteiger partial charge in [-0.1, -0.05) is 0 Å². The molecule has 0 fully saturated rings. The fourth-order valence-corrected chi connectivity index (χ4v) is 1.58. The van der Waals surface area contributed by atoms with Gasteiger partial charge in [-0.3, -0.25) is 30.0 Å². The Hall–Kier alpha value is -3.63. The number of carbonyl (C=O) groups is 1. The first kappa shape index (κ1) is 15.8. The zero-order valence-electron chi connectivity index (χ0n) is 11.6. The maximum absolute atomic E-state index is 11.9. The van der Waals surface area contributed by atoms with E-state index in [9.17, 15) is 25.0 Å². The lowest BCUT2D eigenvalue weighted by molar-refractivity contribution is -0.402. The molecule has 0 atom stereocenters. The zero-order chi connectivity index (χ0) is 17.0. The first-order chi connectivity index (χ1) is 10.9. The monoisotopic (exact) mass is 319 g/mol. The van der Waals surface area contributed by atoms with Gasteiger partial charge in [0.15, 0.2) is 5.76 Å². The third-order valence-electron chi connectivity index (χ3n) is 2.68. The maximum atomic E-state index is 11.9. The summed E-state index contributed by atoms with van der Waals surface area (Å²) < 4.78 is 4.81. The summed E-state index contributed by atoms with van der Waals surface area (Å²) in [6, 6.07) is 3.51. The van der Waals surface area contributed by atoms with Gasteiger partial charge in [0.05, 0.1) is 28.5 Å². The summed E-state index contributed by atoms with van der Waals surface area (Å²) in [5, 5.41) is 24.7. The summed E-state index contributed by atoms with van der Waals surface area (Å²) in [5.74, 6) is -1.11. The Kier molecular flexibility index (Phi) is 4.40. The molecular formula is C12H9N5O6. The van der Waals surface area contributed by atoms with Crippen LogP contribution in [0.5, 0.6) is 0 Å². The van der Waals surface area contributed by atoms with Gasteiger partial charge in [-0.15, -0.1) is 0 Å². The normalized spacial score (nSPS) is 10.7. The number of nitrogens with one attached hydrogen (secondary N) is 1. The van der Waals surface area contributed by atoms with Crippen molar-refractivity contribution < 1.29 is 19.1 Å². The van der Waals surface area contributed by atoms with E-state index in [1.807, 2.05) is 0 Å². The van der Waals surface area contributed by atoms with Gasteiger partial charge in [0, 0.05) is 6.07 Å². The third-order valence-corrected chi connectivity index (χ3v) is 2.68. The molecule has 0 radical (unpaired) electrons. The van der Waals surface area contributed by atoms with E-state index in [0.717, 1.165) is 24.5 Å². The lowest BCUT2D eigenvalue weighted by Crippen LogP contribution is -2.19. The highest BCUT2D eigenvalue weighted by atomic mass is 16.6. The number of hydrazone groups is 1. The lowest BCUT2D eigenvalue weighted by Gasteiger charge is -2.02. The van der Waals surface area contributed by atoms with Crippen LogP contribution in [-0.2, 0) is 0 Å². The van der Waals surface area contributed by atoms with Crippen LogP contribution in [0.25, 0.3) is 0 Å². The van der Waals surface area contributed by atoms with Crippen molar-refractivity contribution in [1.82, 2.24) is 10.4 Å². The molecule has 0 aliphatic heterocycles. The zero-order valence-corrected chi connectivity index (χ0v) is 11.6. The maximum Gasteiger partial charge on any atom is 0.433 e. The van der Waals surface area contributed by atoms with Crippen molar-refractivity contribution in [3.63, 3.8) is 0 Å². The second-order valence-electron chi connectivity index (χ2n) is 4.22. The predicted octanol–water partition coefficient (Wildman–Crippen LogP) is 1.56. The van der Waals surface area contributed by atoms with Crippen LogP contribution >= 0.6 is 0 Å². The summed E-state index contributed by atoms with van der Waals surface area (Å²) in [4.78, 5) is 35.4. The average Bonchev–Trinajstić information content (AvgIpc) is 2.96. The Morgan fingerprint density at radius 2 is 2.09 bits per heavy atom. The Balaban J connectivity index is 2.09. The van der Waals surface area contributed by atoms with Crippen LogP contribution in [0, 0.1) is 27.2 Å². The number of pyridine rings is 1. The predicted molar refractivity (Wildman–Crippen MR) is 76.1 cm³/mol. The fourth-order valence-electron chi connectivity index (χ4n) is 1.58. The molecule has 11 nitrogen and oxygen atoms in total. The molecule has 0 saturated carbocycles. The van der Waals surface area contributed by atoms with Gasteiger partial charge in [0.2, 0.25) is 0 Å². The molecule has 0 aromatic carbocycles. The number of furan rings is 1. The van der Waals surface area contributed by atoms with Crippen LogP contribution in [0.3, 0.4) is 0 Å². The molecule has 2 rings (SSSR count). The second kappa shape index (κ2) is 6.43. The van der Waals surface area contributed by atoms with Gasteiger partial charge in [-0.2, -0.15) is 5.10 Å². The molecule has 1 amide bonds. The summed E-state index contributed by atoms with van der Waals surface area (Å²) in [6.45, 7) is 1.51. The average molecular weight is 319 g/mol. The molecule has 23 heavy (non-hydrogen) atoms. The number of aromatic nitrogens is 1. The quantitative estimate of drug-likeness (QED) is 0.498. The van der Waals surface area contributed by atoms with Crippen molar-refractivity contribution in [1.29, 1.82) is 0 Å². The number of aryl methyl sites for hydroxylation is 1. The van der Waals surface area contributed by atoms with E-state index in [1.54, 1.807) is 0 Å². The van der Waals surface area contributed by atoms with Crippen molar-refractivity contribution in [2.75, 3.05) is 0 Å². The van der Waals surface area contributed by atoms with E-state index < -0.39 is 21.6 Å². The number of nitro groups is 2. The van der Waals surface area contributed by atoms with E-state index in [1.165, 1.54) is 13.0 Å². The number of carbonyl (C=O) groups excluding carboxylic acids is 1. The van der Waals surface area contributed by atoms with Crippen LogP contribution < -0.4 is 5.43 Å². The van der Waals surface area contributed by atoms with Gasteiger partial charge in [-0.05, 0) is 13.0 Å². The highest BCUT2D eigenvalue weighted by Crippen LogP contribution is 2.15. The van der Waals surface area contributed by atoms with E-state index in [2.05, 4.69) is 15.5 Å². The number of nitrogens with zero attached hydrogens (tertiary/aromatic N) is 4. The largest absolute Gasteiger partial charge is 0.433 e. The van der Waals surface area contributed by atoms with E-state index >= 15 is 0 Å². The number of hydrogen-bond donors (Lipinski definition) is 1. The van der Waals surface area contributed by atoms with Crippen LogP contribution in [-0.4, -0.2) is 27.0 Å². The van der Waals surface area contributed by atoms with Gasteiger partial charge in [0.1, 0.15) is 11.1 Å². The van der Waals surface area contributed by atoms with Crippen molar-refractivity contribution in [3.05, 3.63) is 61.6 Å². The first-order valence-electron chi connectivity index (χ1n) is 6.07. The minimum Gasteiger partial charge on any atom is -0.400 e. The number of amides is 1. The standard InChI is InChI=1S/C12H9N5O6/c1-7-10(4-8(5-13-7)16(19)20)12(18)15-14-6-9-2-3-11(23-9)17(21)22/h2-6H,1H3,(H,15,18). The Bertz CT molecular complexity index is 812. The summed E-state index contributed by atoms with van der Waals surface area (Å²) >= 11 is 0. The molecule has 0 aliphatic rings. The lowest BCUT2D eigenvalue weighted by atomic mass is 10.2. The van der Waals surface area contributed by atoms with Gasteiger partial charge >= 0.3 is 5.88 Å². The van der Waals surface area contributed by atoms with E-state index in [-0.39, 0.29) is 22.7 Å². The van der Waals surface area contributed by atoms with E-state index in [0.29, 0.717) is 0 Å². The molecule has 0 bridgehead atoms.